The highest BCUT2D eigenvalue weighted by atomic mass is 19.4. The predicted octanol–water partition coefficient (Wildman–Crippen LogP) is 9.09. The molecule has 0 spiro atoms. The first-order chi connectivity index (χ1) is 19.6. The Labute approximate surface area is 234 Å². The van der Waals surface area contributed by atoms with Crippen molar-refractivity contribution in [1.82, 2.24) is 0 Å². The van der Waals surface area contributed by atoms with E-state index in [1.54, 1.807) is 6.07 Å². The summed E-state index contributed by atoms with van der Waals surface area (Å²) in [7, 11) is 0. The van der Waals surface area contributed by atoms with E-state index in [9.17, 15) is 26.7 Å². The smallest absolute Gasteiger partial charge is 0.463 e. The molecule has 0 amide bonds. The average Bonchev–Trinajstić information content (AvgIpc) is 2.96. The third-order valence-electron chi connectivity index (χ3n) is 6.52. The van der Waals surface area contributed by atoms with Crippen LogP contribution in [0, 0.1) is 11.6 Å². The van der Waals surface area contributed by atoms with Crippen LogP contribution in [-0.4, -0.2) is 18.9 Å². The van der Waals surface area contributed by atoms with Gasteiger partial charge in [0.15, 0.2) is 11.6 Å². The maximum atomic E-state index is 14.7. The van der Waals surface area contributed by atoms with Crippen LogP contribution in [0.4, 0.5) is 22.0 Å². The lowest BCUT2D eigenvalue weighted by molar-refractivity contribution is -0.276. The zero-order chi connectivity index (χ0) is 29.6. The minimum absolute atomic E-state index is 0.0853. The number of benzene rings is 4. The molecule has 0 saturated carbocycles. The molecule has 0 radical (unpaired) electrons. The zero-order valence-corrected chi connectivity index (χ0v) is 22.2. The second kappa shape index (κ2) is 12.8. The molecule has 0 aromatic heterocycles. The molecule has 8 heteroatoms. The van der Waals surface area contributed by atoms with Gasteiger partial charge in [-0.05, 0) is 75.9 Å². The molecule has 0 aliphatic rings. The Balaban J connectivity index is 1.70. The van der Waals surface area contributed by atoms with Gasteiger partial charge in [-0.1, -0.05) is 80.2 Å². The van der Waals surface area contributed by atoms with Crippen molar-refractivity contribution < 1.29 is 36.2 Å². The van der Waals surface area contributed by atoms with Gasteiger partial charge in [-0.3, -0.25) is 0 Å². The van der Waals surface area contributed by atoms with Crippen molar-refractivity contribution in [1.29, 1.82) is 0 Å². The maximum absolute atomic E-state index is 14.7. The Morgan fingerprint density at radius 1 is 0.805 bits per heavy atom. The van der Waals surface area contributed by atoms with E-state index in [1.807, 2.05) is 67.6 Å². The second-order valence-corrected chi connectivity index (χ2v) is 9.27. The fourth-order valence-electron chi connectivity index (χ4n) is 4.54. The highest BCUT2D eigenvalue weighted by molar-refractivity contribution is 5.92. The molecule has 0 N–H and O–H groups in total. The monoisotopic (exact) mass is 566 g/mol. The van der Waals surface area contributed by atoms with Crippen LogP contribution < -0.4 is 4.74 Å². The number of halogens is 5. The first-order valence-electron chi connectivity index (χ1n) is 13.0. The largest absolute Gasteiger partial charge is 0.573 e. The summed E-state index contributed by atoms with van der Waals surface area (Å²) in [5, 5.41) is 0. The summed E-state index contributed by atoms with van der Waals surface area (Å²) >= 11 is 0. The van der Waals surface area contributed by atoms with Crippen LogP contribution in [0.5, 0.6) is 5.75 Å². The third-order valence-corrected chi connectivity index (χ3v) is 6.52. The molecule has 212 valence electrons. The number of rotatable bonds is 10. The predicted molar refractivity (Wildman–Crippen MR) is 148 cm³/mol. The third kappa shape index (κ3) is 7.39. The molecule has 0 heterocycles. The van der Waals surface area contributed by atoms with E-state index >= 15 is 0 Å². The van der Waals surface area contributed by atoms with Crippen LogP contribution in [0.25, 0.3) is 33.4 Å². The van der Waals surface area contributed by atoms with Crippen molar-refractivity contribution >= 4 is 5.97 Å². The molecule has 0 aliphatic heterocycles. The van der Waals surface area contributed by atoms with Crippen molar-refractivity contribution in [3.8, 4) is 39.1 Å². The SMILES string of the molecule is C=CC(=O)OCCCc1ccc(-c2ccccc2-c2ccc(CC)cc2-c2cc(F)c(OC(F)(F)F)c(F)c2)cc1. The highest BCUT2D eigenvalue weighted by Gasteiger charge is 2.34. The number of hydrogen-bond donors (Lipinski definition) is 0. The van der Waals surface area contributed by atoms with Crippen molar-refractivity contribution in [3.05, 3.63) is 114 Å². The lowest BCUT2D eigenvalue weighted by atomic mass is 9.88. The highest BCUT2D eigenvalue weighted by Crippen LogP contribution is 2.41. The summed E-state index contributed by atoms with van der Waals surface area (Å²) in [6.45, 7) is 5.59. The summed E-state index contributed by atoms with van der Waals surface area (Å²) in [6.07, 6.45) is -2.10. The minimum Gasteiger partial charge on any atom is -0.463 e. The van der Waals surface area contributed by atoms with Gasteiger partial charge in [0.05, 0.1) is 6.61 Å². The van der Waals surface area contributed by atoms with Crippen LogP contribution in [-0.2, 0) is 22.4 Å². The summed E-state index contributed by atoms with van der Waals surface area (Å²) in [6, 6.07) is 22.7. The minimum atomic E-state index is -5.23. The number of alkyl halides is 3. The van der Waals surface area contributed by atoms with E-state index in [-0.39, 0.29) is 12.2 Å². The molecule has 3 nitrogen and oxygen atoms in total. The first-order valence-corrected chi connectivity index (χ1v) is 13.0. The number of ether oxygens (including phenoxy) is 2. The number of carbonyl (C=O) groups is 1. The molecule has 41 heavy (non-hydrogen) atoms. The topological polar surface area (TPSA) is 35.5 Å². The summed E-state index contributed by atoms with van der Waals surface area (Å²) in [4.78, 5) is 11.2. The van der Waals surface area contributed by atoms with Gasteiger partial charge in [0.25, 0.3) is 0 Å². The molecule has 0 saturated heterocycles. The molecule has 4 aromatic carbocycles. The Kier molecular flexibility index (Phi) is 9.22. The van der Waals surface area contributed by atoms with Crippen LogP contribution in [0.15, 0.2) is 91.5 Å². The van der Waals surface area contributed by atoms with E-state index in [1.165, 1.54) is 0 Å². The second-order valence-electron chi connectivity index (χ2n) is 9.27. The first kappa shape index (κ1) is 29.5. The molecule has 0 unspecified atom stereocenters. The van der Waals surface area contributed by atoms with Crippen LogP contribution in [0.2, 0.25) is 0 Å². The summed E-state index contributed by atoms with van der Waals surface area (Å²) < 4.78 is 76.0. The van der Waals surface area contributed by atoms with E-state index in [0.29, 0.717) is 30.4 Å². The van der Waals surface area contributed by atoms with Gasteiger partial charge in [0.1, 0.15) is 0 Å². The standard InChI is InChI=1S/C33H27F5O3/c1-3-21-13-16-27(28(18-21)24-19-29(34)32(30(35)20-24)41-33(36,37)38)26-10-6-5-9-25(26)23-14-11-22(12-15-23)8-7-17-40-31(39)4-2/h4-6,9-16,18-20H,2-3,7-8,17H2,1H3. The maximum Gasteiger partial charge on any atom is 0.573 e. The number of esters is 1. The molecule has 0 aliphatic carbocycles. The van der Waals surface area contributed by atoms with Crippen LogP contribution >= 0.6 is 0 Å². The molecule has 4 aromatic rings. The van der Waals surface area contributed by atoms with Crippen LogP contribution in [0.3, 0.4) is 0 Å². The van der Waals surface area contributed by atoms with Gasteiger partial charge in [0.2, 0.25) is 5.75 Å². The molecule has 0 atom stereocenters. The molecule has 4 rings (SSSR count). The van der Waals surface area contributed by atoms with Crippen molar-refractivity contribution in [2.75, 3.05) is 6.61 Å². The lowest BCUT2D eigenvalue weighted by Gasteiger charge is -2.17. The summed E-state index contributed by atoms with van der Waals surface area (Å²) in [5.74, 6) is -4.85. The van der Waals surface area contributed by atoms with Crippen molar-refractivity contribution in [2.24, 2.45) is 0 Å². The fourth-order valence-corrected chi connectivity index (χ4v) is 4.54. The Bertz CT molecular complexity index is 1520. The summed E-state index contributed by atoms with van der Waals surface area (Å²) in [5.41, 5.74) is 5.71. The van der Waals surface area contributed by atoms with Gasteiger partial charge in [-0.25, -0.2) is 13.6 Å². The normalized spacial score (nSPS) is 11.3. The van der Waals surface area contributed by atoms with Gasteiger partial charge < -0.3 is 9.47 Å². The van der Waals surface area contributed by atoms with Gasteiger partial charge in [0, 0.05) is 6.08 Å². The van der Waals surface area contributed by atoms with E-state index < -0.39 is 29.7 Å². The zero-order valence-electron chi connectivity index (χ0n) is 22.2. The molecule has 0 fully saturated rings. The molecular formula is C33H27F5O3. The Morgan fingerprint density at radius 2 is 1.41 bits per heavy atom. The number of hydrogen-bond acceptors (Lipinski definition) is 3. The molecular weight excluding hydrogens is 539 g/mol. The van der Waals surface area contributed by atoms with Crippen LogP contribution in [0.1, 0.15) is 24.5 Å². The fraction of sp³-hybridized carbons (Fsp3) is 0.182. The number of aryl methyl sites for hydroxylation is 2. The van der Waals surface area contributed by atoms with E-state index in [0.717, 1.165) is 46.0 Å². The quantitative estimate of drug-likeness (QED) is 0.0831. The Morgan fingerprint density at radius 3 is 2.02 bits per heavy atom. The van der Waals surface area contributed by atoms with E-state index in [4.69, 9.17) is 4.74 Å². The van der Waals surface area contributed by atoms with Gasteiger partial charge in [-0.2, -0.15) is 0 Å². The van der Waals surface area contributed by atoms with Crippen molar-refractivity contribution in [2.45, 2.75) is 32.5 Å². The van der Waals surface area contributed by atoms with Crippen molar-refractivity contribution in [3.63, 3.8) is 0 Å². The average molecular weight is 567 g/mol. The lowest BCUT2D eigenvalue weighted by Crippen LogP contribution is -2.19. The van der Waals surface area contributed by atoms with Gasteiger partial charge in [-0.15, -0.1) is 13.2 Å². The molecule has 0 bridgehead atoms. The van der Waals surface area contributed by atoms with Gasteiger partial charge >= 0.3 is 12.3 Å². The number of carbonyl (C=O) groups excluding carboxylic acids is 1. The Hall–Kier alpha value is -4.46. The van der Waals surface area contributed by atoms with E-state index in [2.05, 4.69) is 11.3 Å².